The molecule has 18 heavy (non-hydrogen) atoms. The first-order valence-electron chi connectivity index (χ1n) is 5.52. The lowest BCUT2D eigenvalue weighted by molar-refractivity contribution is -0.124. The number of ketones is 2. The van der Waals surface area contributed by atoms with Crippen molar-refractivity contribution in [2.75, 3.05) is 0 Å². The Labute approximate surface area is 105 Å². The molecule has 1 heterocycles. The monoisotopic (exact) mass is 245 g/mol. The van der Waals surface area contributed by atoms with Crippen LogP contribution in [0.1, 0.15) is 20.3 Å². The number of carbonyl (C=O) groups is 2. The van der Waals surface area contributed by atoms with E-state index in [4.69, 9.17) is 0 Å². The van der Waals surface area contributed by atoms with Crippen LogP contribution in [0.4, 0.5) is 0 Å². The number of hydrogen-bond acceptors (Lipinski definition) is 4. The smallest absolute Gasteiger partial charge is 0.141 e. The number of nitrogens with zero attached hydrogens (tertiary/aromatic N) is 1. The molecule has 1 aromatic heterocycles. The zero-order valence-electron chi connectivity index (χ0n) is 10.4. The van der Waals surface area contributed by atoms with Gasteiger partial charge in [0.25, 0.3) is 0 Å². The lowest BCUT2D eigenvalue weighted by Crippen LogP contribution is -1.97. The fourth-order valence-corrected chi connectivity index (χ4v) is 1.44. The number of phenols is 1. The van der Waals surface area contributed by atoms with Crippen molar-refractivity contribution in [3.05, 3.63) is 36.5 Å². The van der Waals surface area contributed by atoms with E-state index in [9.17, 15) is 14.7 Å². The van der Waals surface area contributed by atoms with Gasteiger partial charge in [0, 0.05) is 11.6 Å². The molecule has 0 amide bonds. The molecule has 94 valence electrons. The Morgan fingerprint density at radius 3 is 2.22 bits per heavy atom. The van der Waals surface area contributed by atoms with Gasteiger partial charge in [-0.15, -0.1) is 0 Å². The van der Waals surface area contributed by atoms with Gasteiger partial charge in [0.2, 0.25) is 0 Å². The number of benzene rings is 1. The van der Waals surface area contributed by atoms with Crippen LogP contribution in [0.3, 0.4) is 0 Å². The second-order valence-electron chi connectivity index (χ2n) is 3.93. The molecular weight excluding hydrogens is 230 g/mol. The molecule has 0 radical (unpaired) electrons. The number of aromatic nitrogens is 1. The van der Waals surface area contributed by atoms with E-state index in [1.54, 1.807) is 18.3 Å². The van der Waals surface area contributed by atoms with Gasteiger partial charge in [-0.3, -0.25) is 14.6 Å². The molecule has 4 heteroatoms. The first-order chi connectivity index (χ1) is 8.50. The summed E-state index contributed by atoms with van der Waals surface area (Å²) in [4.78, 5) is 24.1. The largest absolute Gasteiger partial charge is 0.506 e. The summed E-state index contributed by atoms with van der Waals surface area (Å²) in [5.74, 6) is 0.114. The minimum absolute atomic E-state index is 0.0625. The fraction of sp³-hybridized carbons (Fsp3) is 0.214. The van der Waals surface area contributed by atoms with Gasteiger partial charge in [-0.2, -0.15) is 0 Å². The summed E-state index contributed by atoms with van der Waals surface area (Å²) < 4.78 is 0. The first-order valence-corrected chi connectivity index (χ1v) is 5.52. The predicted octanol–water partition coefficient (Wildman–Crippen LogP) is 2.49. The number of fused-ring (bicyclic) bond motifs is 1. The van der Waals surface area contributed by atoms with Crippen molar-refractivity contribution in [2.45, 2.75) is 20.3 Å². The molecule has 1 N–H and O–H groups in total. The maximum atomic E-state index is 10.0. The quantitative estimate of drug-likeness (QED) is 0.825. The Balaban J connectivity index is 0.000000203. The minimum atomic E-state index is -0.0625. The van der Waals surface area contributed by atoms with Gasteiger partial charge in [0.1, 0.15) is 22.8 Å². The van der Waals surface area contributed by atoms with Gasteiger partial charge >= 0.3 is 0 Å². The van der Waals surface area contributed by atoms with Gasteiger partial charge < -0.3 is 5.11 Å². The number of carbonyl (C=O) groups excluding carboxylic acids is 2. The molecule has 0 aliphatic heterocycles. The Kier molecular flexibility index (Phi) is 4.99. The zero-order valence-corrected chi connectivity index (χ0v) is 10.4. The average molecular weight is 245 g/mol. The summed E-state index contributed by atoms with van der Waals surface area (Å²) in [7, 11) is 0. The van der Waals surface area contributed by atoms with E-state index in [1.165, 1.54) is 13.8 Å². The van der Waals surface area contributed by atoms with E-state index in [1.807, 2.05) is 18.2 Å². The number of hydrogen-bond donors (Lipinski definition) is 1. The highest BCUT2D eigenvalue weighted by molar-refractivity contribution is 5.96. The van der Waals surface area contributed by atoms with Crippen LogP contribution in [0.5, 0.6) is 5.75 Å². The molecule has 0 aliphatic carbocycles. The minimum Gasteiger partial charge on any atom is -0.506 e. The van der Waals surface area contributed by atoms with Crippen LogP contribution in [-0.2, 0) is 9.59 Å². The zero-order chi connectivity index (χ0) is 13.5. The number of rotatable bonds is 2. The summed E-state index contributed by atoms with van der Waals surface area (Å²) in [5.41, 5.74) is 0.662. The number of Topliss-reactive ketones (excluding diaryl/α,β-unsaturated/α-hetero) is 2. The van der Waals surface area contributed by atoms with E-state index in [0.717, 1.165) is 5.39 Å². The summed E-state index contributed by atoms with van der Waals surface area (Å²) in [6, 6.07) is 9.13. The topological polar surface area (TPSA) is 67.3 Å². The van der Waals surface area contributed by atoms with Gasteiger partial charge in [-0.05, 0) is 26.0 Å². The van der Waals surface area contributed by atoms with E-state index in [2.05, 4.69) is 4.98 Å². The first kappa shape index (κ1) is 13.8. The van der Waals surface area contributed by atoms with Crippen molar-refractivity contribution >= 4 is 22.5 Å². The summed E-state index contributed by atoms with van der Waals surface area (Å²) in [6.45, 7) is 2.81. The van der Waals surface area contributed by atoms with E-state index >= 15 is 0 Å². The third kappa shape index (κ3) is 4.33. The SMILES string of the molecule is CC(=O)CC(C)=O.Oc1cccc2cccnc12. The average Bonchev–Trinajstić information content (AvgIpc) is 2.29. The Hall–Kier alpha value is -2.23. The Morgan fingerprint density at radius 2 is 1.72 bits per heavy atom. The second-order valence-corrected chi connectivity index (χ2v) is 3.93. The molecule has 0 saturated carbocycles. The third-order valence-electron chi connectivity index (χ3n) is 2.11. The van der Waals surface area contributed by atoms with Crippen LogP contribution in [0.2, 0.25) is 0 Å². The van der Waals surface area contributed by atoms with Crippen LogP contribution in [0, 0.1) is 0 Å². The molecule has 0 atom stereocenters. The van der Waals surface area contributed by atoms with Gasteiger partial charge in [0.05, 0.1) is 6.42 Å². The van der Waals surface area contributed by atoms with Gasteiger partial charge in [-0.1, -0.05) is 18.2 Å². The van der Waals surface area contributed by atoms with Crippen molar-refractivity contribution in [1.82, 2.24) is 4.98 Å². The lowest BCUT2D eigenvalue weighted by Gasteiger charge is -1.96. The van der Waals surface area contributed by atoms with Crippen LogP contribution in [0.15, 0.2) is 36.5 Å². The molecule has 0 bridgehead atoms. The van der Waals surface area contributed by atoms with Crippen molar-refractivity contribution in [2.24, 2.45) is 0 Å². The van der Waals surface area contributed by atoms with Crippen LogP contribution >= 0.6 is 0 Å². The highest BCUT2D eigenvalue weighted by Gasteiger charge is 1.96. The van der Waals surface area contributed by atoms with Gasteiger partial charge in [0.15, 0.2) is 0 Å². The number of aromatic hydroxyl groups is 1. The van der Waals surface area contributed by atoms with Crippen LogP contribution in [0.25, 0.3) is 10.9 Å². The third-order valence-corrected chi connectivity index (χ3v) is 2.11. The highest BCUT2D eigenvalue weighted by atomic mass is 16.3. The van der Waals surface area contributed by atoms with Crippen molar-refractivity contribution in [1.29, 1.82) is 0 Å². The molecule has 0 spiro atoms. The van der Waals surface area contributed by atoms with E-state index in [0.29, 0.717) is 5.52 Å². The predicted molar refractivity (Wildman–Crippen MR) is 69.4 cm³/mol. The van der Waals surface area contributed by atoms with Crippen LogP contribution in [-0.4, -0.2) is 21.7 Å². The molecule has 0 aliphatic rings. The maximum absolute atomic E-state index is 10.0. The lowest BCUT2D eigenvalue weighted by atomic mass is 10.2. The number of para-hydroxylation sites is 1. The molecule has 4 nitrogen and oxygen atoms in total. The Bertz CT molecular complexity index is 546. The van der Waals surface area contributed by atoms with E-state index in [-0.39, 0.29) is 23.7 Å². The normalized spacial score (nSPS) is 9.44. The Morgan fingerprint density at radius 1 is 1.11 bits per heavy atom. The fourth-order valence-electron chi connectivity index (χ4n) is 1.44. The summed E-state index contributed by atoms with van der Waals surface area (Å²) in [5, 5.41) is 10.3. The second kappa shape index (κ2) is 6.49. The summed E-state index contributed by atoms with van der Waals surface area (Å²) >= 11 is 0. The maximum Gasteiger partial charge on any atom is 0.141 e. The van der Waals surface area contributed by atoms with Crippen LogP contribution < -0.4 is 0 Å². The molecule has 0 fully saturated rings. The summed E-state index contributed by atoms with van der Waals surface area (Å²) in [6.07, 6.45) is 1.75. The molecule has 1 aromatic carbocycles. The van der Waals surface area contributed by atoms with Crippen molar-refractivity contribution < 1.29 is 14.7 Å². The standard InChI is InChI=1S/C9H7NO.C5H8O2/c11-8-5-1-3-7-4-2-6-10-9(7)8;1-4(6)3-5(2)7/h1-6,11H;3H2,1-2H3. The molecule has 0 saturated heterocycles. The molecular formula is C14H15NO3. The number of phenolic OH excluding ortho intramolecular Hbond substituents is 1. The van der Waals surface area contributed by atoms with E-state index < -0.39 is 0 Å². The van der Waals surface area contributed by atoms with Gasteiger partial charge in [-0.25, -0.2) is 0 Å². The molecule has 0 unspecified atom stereocenters. The van der Waals surface area contributed by atoms with Crippen molar-refractivity contribution in [3.8, 4) is 5.75 Å². The molecule has 2 rings (SSSR count). The molecule has 2 aromatic rings. The number of pyridine rings is 1. The highest BCUT2D eigenvalue weighted by Crippen LogP contribution is 2.20. The van der Waals surface area contributed by atoms with Crippen molar-refractivity contribution in [3.63, 3.8) is 0 Å².